The van der Waals surface area contributed by atoms with Crippen LogP contribution in [-0.4, -0.2) is 22.1 Å². The van der Waals surface area contributed by atoms with Crippen LogP contribution in [-0.2, 0) is 10.2 Å². The Morgan fingerprint density at radius 3 is 2.30 bits per heavy atom. The summed E-state index contributed by atoms with van der Waals surface area (Å²) in [6.45, 7) is 9.98. The monoisotopic (exact) mass is 332 g/mol. The Balaban J connectivity index is 2.17. The second-order valence-electron chi connectivity index (χ2n) is 7.24. The van der Waals surface area contributed by atoms with Crippen LogP contribution in [0.25, 0.3) is 0 Å². The molecule has 0 aliphatic rings. The van der Waals surface area contributed by atoms with E-state index >= 15 is 0 Å². The Bertz CT molecular complexity index is 673. The predicted octanol–water partition coefficient (Wildman–Crippen LogP) is 3.18. The number of benzene rings is 1. The number of nitrogens with two attached hydrogens (primary N) is 1. The molecule has 0 aliphatic carbocycles. The molecule has 0 spiro atoms. The van der Waals surface area contributed by atoms with E-state index in [0.29, 0.717) is 5.13 Å². The molecule has 0 saturated heterocycles. The van der Waals surface area contributed by atoms with Gasteiger partial charge in [-0.2, -0.15) is 0 Å². The van der Waals surface area contributed by atoms with E-state index in [4.69, 9.17) is 5.73 Å². The number of anilines is 1. The van der Waals surface area contributed by atoms with Crippen LogP contribution in [0.5, 0.6) is 0 Å². The summed E-state index contributed by atoms with van der Waals surface area (Å²) in [6.07, 6.45) is 0. The summed E-state index contributed by atoms with van der Waals surface area (Å²) in [6, 6.07) is 9.52. The second-order valence-corrected chi connectivity index (χ2v) is 8.21. The Morgan fingerprint density at radius 2 is 1.74 bits per heavy atom. The lowest BCUT2D eigenvalue weighted by Crippen LogP contribution is -2.45. The van der Waals surface area contributed by atoms with Crippen LogP contribution in [0, 0.1) is 5.41 Å². The lowest BCUT2D eigenvalue weighted by Gasteiger charge is -2.25. The zero-order valence-electron chi connectivity index (χ0n) is 14.3. The van der Waals surface area contributed by atoms with Gasteiger partial charge in [-0.1, -0.05) is 62.4 Å². The minimum atomic E-state index is -0.600. The molecule has 2 rings (SSSR count). The quantitative estimate of drug-likeness (QED) is 0.901. The Kier molecular flexibility index (Phi) is 4.87. The first-order chi connectivity index (χ1) is 10.6. The van der Waals surface area contributed by atoms with Gasteiger partial charge in [0.15, 0.2) is 0 Å². The molecule has 0 unspecified atom stereocenters. The molecule has 1 heterocycles. The SMILES string of the molecule is CC(C)(c1ccccc1)c1nnc(NC(=O)[C@@H](N)C(C)(C)C)s1. The lowest BCUT2D eigenvalue weighted by atomic mass is 9.85. The topological polar surface area (TPSA) is 80.9 Å². The van der Waals surface area contributed by atoms with Crippen LogP contribution < -0.4 is 11.1 Å². The first kappa shape index (κ1) is 17.6. The standard InChI is InChI=1S/C17H24N4OS/c1-16(2,3)12(18)13(22)19-15-21-20-14(23-15)17(4,5)11-9-7-6-8-10-11/h6-10,12H,18H2,1-5H3,(H,19,21,22)/t12-/m1/s1. The number of carbonyl (C=O) groups is 1. The minimum Gasteiger partial charge on any atom is -0.319 e. The highest BCUT2D eigenvalue weighted by Gasteiger charge is 2.30. The predicted molar refractivity (Wildman–Crippen MR) is 94.5 cm³/mol. The number of aromatic nitrogens is 2. The molecule has 1 aromatic carbocycles. The summed E-state index contributed by atoms with van der Waals surface area (Å²) in [5.41, 5.74) is 6.55. The number of hydrogen-bond acceptors (Lipinski definition) is 5. The van der Waals surface area contributed by atoms with Crippen molar-refractivity contribution in [2.24, 2.45) is 11.1 Å². The summed E-state index contributed by atoms with van der Waals surface area (Å²) in [5.74, 6) is -0.238. The molecule has 2 aromatic rings. The third-order valence-corrected chi connectivity index (χ3v) is 5.06. The highest BCUT2D eigenvalue weighted by atomic mass is 32.1. The van der Waals surface area contributed by atoms with Crippen molar-refractivity contribution in [3.8, 4) is 0 Å². The van der Waals surface area contributed by atoms with Crippen molar-refractivity contribution in [1.82, 2.24) is 10.2 Å². The molecule has 0 bridgehead atoms. The lowest BCUT2D eigenvalue weighted by molar-refractivity contribution is -0.119. The van der Waals surface area contributed by atoms with Crippen molar-refractivity contribution in [3.05, 3.63) is 40.9 Å². The third kappa shape index (κ3) is 3.95. The third-order valence-electron chi connectivity index (χ3n) is 3.90. The first-order valence-electron chi connectivity index (χ1n) is 7.58. The Morgan fingerprint density at radius 1 is 1.13 bits per heavy atom. The summed E-state index contributed by atoms with van der Waals surface area (Å²) >= 11 is 1.38. The van der Waals surface area contributed by atoms with Gasteiger partial charge < -0.3 is 5.73 Å². The van der Waals surface area contributed by atoms with Gasteiger partial charge in [-0.15, -0.1) is 10.2 Å². The molecule has 124 valence electrons. The molecule has 3 N–H and O–H groups in total. The fourth-order valence-corrected chi connectivity index (χ4v) is 2.95. The molecular weight excluding hydrogens is 308 g/mol. The van der Waals surface area contributed by atoms with Gasteiger partial charge in [-0.05, 0) is 24.8 Å². The van der Waals surface area contributed by atoms with E-state index in [-0.39, 0.29) is 16.7 Å². The van der Waals surface area contributed by atoms with E-state index in [0.717, 1.165) is 10.6 Å². The van der Waals surface area contributed by atoms with Gasteiger partial charge in [0.2, 0.25) is 11.0 Å². The fourth-order valence-electron chi connectivity index (χ4n) is 2.08. The van der Waals surface area contributed by atoms with E-state index in [1.54, 1.807) is 0 Å². The van der Waals surface area contributed by atoms with Crippen LogP contribution in [0.15, 0.2) is 30.3 Å². The first-order valence-corrected chi connectivity index (χ1v) is 8.40. The van der Waals surface area contributed by atoms with Gasteiger partial charge >= 0.3 is 0 Å². The molecular formula is C17H24N4OS. The van der Waals surface area contributed by atoms with Gasteiger partial charge in [0.1, 0.15) is 5.01 Å². The number of rotatable bonds is 4. The van der Waals surface area contributed by atoms with Gasteiger partial charge in [0, 0.05) is 5.41 Å². The molecule has 5 nitrogen and oxygen atoms in total. The highest BCUT2D eigenvalue weighted by Crippen LogP contribution is 2.34. The summed E-state index contributed by atoms with van der Waals surface area (Å²) in [7, 11) is 0. The highest BCUT2D eigenvalue weighted by molar-refractivity contribution is 7.15. The number of nitrogens with zero attached hydrogens (tertiary/aromatic N) is 2. The summed E-state index contributed by atoms with van der Waals surface area (Å²) < 4.78 is 0. The van der Waals surface area contributed by atoms with Crippen LogP contribution in [0.3, 0.4) is 0 Å². The average Bonchev–Trinajstić information content (AvgIpc) is 2.95. The number of carbonyl (C=O) groups excluding carboxylic acids is 1. The molecule has 6 heteroatoms. The maximum atomic E-state index is 12.2. The van der Waals surface area contributed by atoms with Crippen molar-refractivity contribution in [3.63, 3.8) is 0 Å². The number of hydrogen-bond donors (Lipinski definition) is 2. The molecule has 1 aromatic heterocycles. The van der Waals surface area contributed by atoms with Crippen LogP contribution in [0.4, 0.5) is 5.13 Å². The second kappa shape index (κ2) is 6.37. The molecule has 1 atom stereocenters. The van der Waals surface area contributed by atoms with Crippen molar-refractivity contribution < 1.29 is 4.79 Å². The van der Waals surface area contributed by atoms with Crippen molar-refractivity contribution in [2.75, 3.05) is 5.32 Å². The zero-order valence-corrected chi connectivity index (χ0v) is 15.1. The van der Waals surface area contributed by atoms with Gasteiger partial charge in [0.05, 0.1) is 6.04 Å². The molecule has 1 amide bonds. The van der Waals surface area contributed by atoms with Crippen LogP contribution in [0.1, 0.15) is 45.2 Å². The van der Waals surface area contributed by atoms with Crippen molar-refractivity contribution >= 4 is 22.4 Å². The van der Waals surface area contributed by atoms with E-state index in [9.17, 15) is 4.79 Å². The molecule has 23 heavy (non-hydrogen) atoms. The Hall–Kier alpha value is -1.79. The van der Waals surface area contributed by atoms with Gasteiger partial charge in [-0.3, -0.25) is 10.1 Å². The molecule has 0 fully saturated rings. The van der Waals surface area contributed by atoms with Crippen molar-refractivity contribution in [1.29, 1.82) is 0 Å². The van der Waals surface area contributed by atoms with E-state index < -0.39 is 6.04 Å². The average molecular weight is 332 g/mol. The number of nitrogens with one attached hydrogen (secondary N) is 1. The Labute approximate surface area is 141 Å². The van der Waals surface area contributed by atoms with Gasteiger partial charge in [0.25, 0.3) is 0 Å². The smallest absolute Gasteiger partial charge is 0.243 e. The maximum absolute atomic E-state index is 12.2. The normalized spacial score (nSPS) is 13.7. The van der Waals surface area contributed by atoms with E-state index in [1.807, 2.05) is 39.0 Å². The molecule has 0 radical (unpaired) electrons. The van der Waals surface area contributed by atoms with E-state index in [2.05, 4.69) is 41.5 Å². The summed E-state index contributed by atoms with van der Waals surface area (Å²) in [5, 5.41) is 12.4. The maximum Gasteiger partial charge on any atom is 0.243 e. The van der Waals surface area contributed by atoms with Crippen LogP contribution in [0.2, 0.25) is 0 Å². The van der Waals surface area contributed by atoms with Gasteiger partial charge in [-0.25, -0.2) is 0 Å². The zero-order chi connectivity index (χ0) is 17.3. The van der Waals surface area contributed by atoms with Crippen molar-refractivity contribution in [2.45, 2.75) is 46.1 Å². The fraction of sp³-hybridized carbons (Fsp3) is 0.471. The van der Waals surface area contributed by atoms with E-state index in [1.165, 1.54) is 11.3 Å². The van der Waals surface area contributed by atoms with Crippen LogP contribution >= 0.6 is 11.3 Å². The molecule has 0 aliphatic heterocycles. The minimum absolute atomic E-state index is 0.238. The molecule has 0 saturated carbocycles. The summed E-state index contributed by atoms with van der Waals surface area (Å²) in [4.78, 5) is 12.2. The largest absolute Gasteiger partial charge is 0.319 e. The number of amides is 1.